The molecule has 298 valence electrons. The Hall–Kier alpha value is -4.83. The summed E-state index contributed by atoms with van der Waals surface area (Å²) in [5.41, 5.74) is 3.65. The molecule has 0 heterocycles. The van der Waals surface area contributed by atoms with E-state index in [1.54, 1.807) is 0 Å². The molecular weight excluding hydrogens is 748 g/mol. The lowest BCUT2D eigenvalue weighted by Gasteiger charge is -2.56. The van der Waals surface area contributed by atoms with Crippen molar-refractivity contribution in [3.05, 3.63) is 208 Å². The van der Waals surface area contributed by atoms with E-state index in [-0.39, 0.29) is 26.2 Å². The maximum absolute atomic E-state index is 12.9. The van der Waals surface area contributed by atoms with Crippen LogP contribution in [-0.2, 0) is 52.5 Å². The van der Waals surface area contributed by atoms with Gasteiger partial charge in [-0.15, -0.1) is 0 Å². The van der Waals surface area contributed by atoms with Gasteiger partial charge in [-0.05, 0) is 70.0 Å². The van der Waals surface area contributed by atoms with Gasteiger partial charge in [0.15, 0.2) is 0 Å². The van der Waals surface area contributed by atoms with Crippen LogP contribution < -0.4 is 4.74 Å². The van der Waals surface area contributed by atoms with Crippen LogP contribution in [0.4, 0.5) is 0 Å². The molecule has 58 heavy (non-hydrogen) atoms. The predicted octanol–water partition coefficient (Wildman–Crippen LogP) is 8.62. The molecule has 0 aromatic heterocycles. The largest absolute Gasteiger partial charge is 0.489 e. The Bertz CT molecular complexity index is 2210. The summed E-state index contributed by atoms with van der Waals surface area (Å²) in [4.78, 5) is 0. The highest BCUT2D eigenvalue weighted by Gasteiger charge is 2.75. The molecule has 8 rings (SSSR count). The first-order valence-electron chi connectivity index (χ1n) is 19.9. The Morgan fingerprint density at radius 3 is 1.59 bits per heavy atom. The van der Waals surface area contributed by atoms with Crippen LogP contribution in [0.2, 0.25) is 5.02 Å². The number of halogens is 1. The zero-order chi connectivity index (χ0) is 40.0. The van der Waals surface area contributed by atoms with E-state index in [2.05, 4.69) is 0 Å². The maximum Gasteiger partial charge on any atom is 0.119 e. The second kappa shape index (κ2) is 18.0. The lowest BCUT2D eigenvalue weighted by molar-refractivity contribution is -0.263. The van der Waals surface area contributed by atoms with Crippen molar-refractivity contribution >= 4 is 11.6 Å². The molecule has 0 saturated heterocycles. The van der Waals surface area contributed by atoms with Gasteiger partial charge in [0.2, 0.25) is 0 Å². The minimum absolute atomic E-state index is 0.0585. The van der Waals surface area contributed by atoms with E-state index in [9.17, 15) is 15.3 Å². The van der Waals surface area contributed by atoms with Gasteiger partial charge in [-0.3, -0.25) is 0 Å². The number of benzene rings is 6. The first kappa shape index (κ1) is 40.0. The second-order valence-corrected chi connectivity index (χ2v) is 16.0. The molecule has 0 spiro atoms. The quantitative estimate of drug-likeness (QED) is 0.0903. The van der Waals surface area contributed by atoms with Crippen molar-refractivity contribution in [3.63, 3.8) is 0 Å². The van der Waals surface area contributed by atoms with E-state index in [1.165, 1.54) is 0 Å². The van der Waals surface area contributed by atoms with Crippen LogP contribution in [0, 0.1) is 5.41 Å². The predicted molar refractivity (Wildman–Crippen MR) is 224 cm³/mol. The third-order valence-corrected chi connectivity index (χ3v) is 12.4. The van der Waals surface area contributed by atoms with E-state index in [0.717, 1.165) is 39.1 Å². The zero-order valence-corrected chi connectivity index (χ0v) is 33.0. The third kappa shape index (κ3) is 8.09. The third-order valence-electron chi connectivity index (χ3n) is 12.0. The van der Waals surface area contributed by atoms with Gasteiger partial charge in [0, 0.05) is 5.02 Å². The van der Waals surface area contributed by atoms with Gasteiger partial charge in [0.05, 0.1) is 55.6 Å². The summed E-state index contributed by atoms with van der Waals surface area (Å²) in [5.74, 6) is 0.759. The number of hydrogen-bond donors (Lipinski definition) is 3. The van der Waals surface area contributed by atoms with Gasteiger partial charge in [-0.1, -0.05) is 157 Å². The molecule has 2 saturated carbocycles. The topological polar surface area (TPSA) is 97.6 Å². The van der Waals surface area contributed by atoms with Crippen LogP contribution in [-0.4, -0.2) is 52.4 Å². The van der Waals surface area contributed by atoms with Crippen molar-refractivity contribution in [1.29, 1.82) is 0 Å². The normalized spacial score (nSPS) is 25.1. The number of ether oxygens (including phenoxy) is 4. The van der Waals surface area contributed by atoms with Gasteiger partial charge in [0.25, 0.3) is 0 Å². The molecule has 7 nitrogen and oxygen atoms in total. The number of aliphatic hydroxyl groups is 3. The summed E-state index contributed by atoms with van der Waals surface area (Å²) in [6, 6.07) is 53.1. The standard InChI is InChI=1S/C50H49ClO7/c51-43-26-23-41(28-40(43)27-35-21-24-42(25-22-35)55-30-36-13-5-1-6-14-36)50-44(53)29-49(34-52,48(50)54)46(57-32-38-17-9-3-10-18-38)45(56-31-37-15-7-2-8-16-37)47(50)58-33-39-19-11-4-12-20-39/h1-26,28,44-48,52-54H,27,29-34H2/t44?,45-,46+,47-,48?,49+,50+/m0/s1. The van der Waals surface area contributed by atoms with Crippen molar-refractivity contribution in [3.8, 4) is 5.75 Å². The molecule has 2 fully saturated rings. The molecule has 6 aromatic rings. The van der Waals surface area contributed by atoms with E-state index in [4.69, 9.17) is 30.5 Å². The molecule has 8 heteroatoms. The van der Waals surface area contributed by atoms with Crippen molar-refractivity contribution in [2.45, 2.75) is 75.2 Å². The molecule has 2 aliphatic carbocycles. The van der Waals surface area contributed by atoms with E-state index in [0.29, 0.717) is 23.6 Å². The summed E-state index contributed by atoms with van der Waals surface area (Å²) >= 11 is 6.94. The van der Waals surface area contributed by atoms with Crippen molar-refractivity contribution in [1.82, 2.24) is 0 Å². The van der Waals surface area contributed by atoms with E-state index in [1.807, 2.05) is 164 Å². The van der Waals surface area contributed by atoms with E-state index >= 15 is 0 Å². The molecule has 0 radical (unpaired) electrons. The monoisotopic (exact) mass is 796 g/mol. The number of hydrogen-bond acceptors (Lipinski definition) is 7. The van der Waals surface area contributed by atoms with Crippen LogP contribution >= 0.6 is 11.6 Å². The molecule has 3 N–H and O–H groups in total. The first-order chi connectivity index (χ1) is 28.4. The summed E-state index contributed by atoms with van der Waals surface area (Å²) < 4.78 is 26.7. The number of fused-ring (bicyclic) bond motifs is 2. The SMILES string of the molecule is OC[C@@]12CC(O)[C@@](c3ccc(Cl)c(Cc4ccc(OCc5ccccc5)cc4)c3)(C1O)[C@@H](OCc1ccccc1)[C@@H](OCc1ccccc1)[C@H]2OCc1ccccc1. The Morgan fingerprint density at radius 1 is 0.552 bits per heavy atom. The average molecular weight is 797 g/mol. The van der Waals surface area contributed by atoms with Crippen molar-refractivity contribution < 1.29 is 34.3 Å². The summed E-state index contributed by atoms with van der Waals surface area (Å²) in [7, 11) is 0. The van der Waals surface area contributed by atoms with Crippen molar-refractivity contribution in [2.24, 2.45) is 5.41 Å². The Labute approximate surface area is 345 Å². The molecule has 6 aromatic carbocycles. The van der Waals surface area contributed by atoms with Crippen LogP contribution in [0.15, 0.2) is 164 Å². The van der Waals surface area contributed by atoms with Gasteiger partial charge in [-0.25, -0.2) is 0 Å². The smallest absolute Gasteiger partial charge is 0.119 e. The van der Waals surface area contributed by atoms with Gasteiger partial charge in [-0.2, -0.15) is 0 Å². The summed E-state index contributed by atoms with van der Waals surface area (Å²) in [6.45, 7) is 0.651. The number of aliphatic hydroxyl groups excluding tert-OH is 3. The Kier molecular flexibility index (Phi) is 12.4. The van der Waals surface area contributed by atoms with Crippen LogP contribution in [0.1, 0.15) is 45.4 Å². The minimum Gasteiger partial charge on any atom is -0.489 e. The highest BCUT2D eigenvalue weighted by molar-refractivity contribution is 6.31. The molecule has 0 amide bonds. The average Bonchev–Trinajstić information content (AvgIpc) is 3.44. The zero-order valence-electron chi connectivity index (χ0n) is 32.3. The van der Waals surface area contributed by atoms with Crippen molar-refractivity contribution in [2.75, 3.05) is 6.61 Å². The fourth-order valence-corrected chi connectivity index (χ4v) is 9.21. The fourth-order valence-electron chi connectivity index (χ4n) is 9.03. The fraction of sp³-hybridized carbons (Fsp3) is 0.280. The maximum atomic E-state index is 12.9. The Balaban J connectivity index is 1.17. The molecule has 0 aliphatic heterocycles. The number of rotatable bonds is 16. The van der Waals surface area contributed by atoms with E-state index < -0.39 is 48.0 Å². The molecular formula is C50H49ClO7. The highest BCUT2D eigenvalue weighted by atomic mass is 35.5. The first-order valence-corrected chi connectivity index (χ1v) is 20.3. The molecule has 2 bridgehead atoms. The minimum atomic E-state index is -1.43. The van der Waals surface area contributed by atoms with Crippen LogP contribution in [0.25, 0.3) is 0 Å². The second-order valence-electron chi connectivity index (χ2n) is 15.5. The summed E-state index contributed by atoms with van der Waals surface area (Å²) in [5, 5.41) is 37.4. The van der Waals surface area contributed by atoms with Gasteiger partial charge in [0.1, 0.15) is 24.6 Å². The van der Waals surface area contributed by atoms with Crippen LogP contribution in [0.3, 0.4) is 0 Å². The molecule has 2 unspecified atom stereocenters. The van der Waals surface area contributed by atoms with Crippen LogP contribution in [0.5, 0.6) is 5.75 Å². The summed E-state index contributed by atoms with van der Waals surface area (Å²) in [6.07, 6.45) is -4.46. The lowest BCUT2D eigenvalue weighted by atomic mass is 9.59. The highest BCUT2D eigenvalue weighted by Crippen LogP contribution is 2.62. The van der Waals surface area contributed by atoms with Gasteiger partial charge >= 0.3 is 0 Å². The molecule has 7 atom stereocenters. The Morgan fingerprint density at radius 2 is 1.05 bits per heavy atom. The molecule has 2 aliphatic rings. The lowest BCUT2D eigenvalue weighted by Crippen LogP contribution is -2.70. The van der Waals surface area contributed by atoms with Gasteiger partial charge < -0.3 is 34.3 Å².